The second kappa shape index (κ2) is 5.17. The van der Waals surface area contributed by atoms with Gasteiger partial charge in [0.25, 0.3) is 0 Å². The number of hydrogen-bond acceptors (Lipinski definition) is 2. The molecule has 0 radical (unpaired) electrons. The van der Waals surface area contributed by atoms with Crippen molar-refractivity contribution in [2.24, 2.45) is 0 Å². The minimum absolute atomic E-state index is 0.0470. The number of aromatic nitrogens is 1. The fourth-order valence-corrected chi connectivity index (χ4v) is 2.59. The van der Waals surface area contributed by atoms with Gasteiger partial charge in [-0.15, -0.1) is 0 Å². The fraction of sp³-hybridized carbons (Fsp3) is 0.222. The summed E-state index contributed by atoms with van der Waals surface area (Å²) in [4.78, 5) is 18.0. The minimum Gasteiger partial charge on any atom is -0.340 e. The molecule has 3 rings (SSSR count). The third-order valence-electron chi connectivity index (χ3n) is 3.86. The van der Waals surface area contributed by atoms with Crippen LogP contribution in [0.5, 0.6) is 0 Å². The van der Waals surface area contributed by atoms with Crippen molar-refractivity contribution in [2.45, 2.75) is 20.4 Å². The molecule has 0 fully saturated rings. The SMILES string of the molecule is CC(=O)N(C)Cc1nc2ccccc2c2ccc(C)cc12. The van der Waals surface area contributed by atoms with E-state index in [2.05, 4.69) is 31.2 Å². The number of benzene rings is 2. The van der Waals surface area contributed by atoms with Crippen LogP contribution in [-0.4, -0.2) is 22.8 Å². The summed E-state index contributed by atoms with van der Waals surface area (Å²) in [5.74, 6) is 0.0470. The Hall–Kier alpha value is -2.42. The Morgan fingerprint density at radius 3 is 2.62 bits per heavy atom. The molecule has 106 valence electrons. The maximum absolute atomic E-state index is 11.5. The van der Waals surface area contributed by atoms with E-state index in [-0.39, 0.29) is 5.91 Å². The zero-order valence-electron chi connectivity index (χ0n) is 12.6. The molecule has 0 bridgehead atoms. The first-order valence-corrected chi connectivity index (χ1v) is 7.06. The summed E-state index contributed by atoms with van der Waals surface area (Å²) in [6.45, 7) is 4.18. The average molecular weight is 278 g/mol. The molecule has 0 spiro atoms. The zero-order chi connectivity index (χ0) is 15.0. The monoisotopic (exact) mass is 278 g/mol. The second-order valence-electron chi connectivity index (χ2n) is 5.50. The van der Waals surface area contributed by atoms with E-state index in [0.29, 0.717) is 6.54 Å². The molecule has 1 amide bonds. The van der Waals surface area contributed by atoms with Crippen LogP contribution in [-0.2, 0) is 11.3 Å². The van der Waals surface area contributed by atoms with Gasteiger partial charge in [-0.1, -0.05) is 35.9 Å². The molecule has 0 atom stereocenters. The van der Waals surface area contributed by atoms with Crippen molar-refractivity contribution in [3.05, 3.63) is 53.7 Å². The van der Waals surface area contributed by atoms with Crippen LogP contribution in [0.25, 0.3) is 21.7 Å². The van der Waals surface area contributed by atoms with Crippen LogP contribution in [0.4, 0.5) is 0 Å². The highest BCUT2D eigenvalue weighted by atomic mass is 16.2. The molecule has 1 aromatic heterocycles. The van der Waals surface area contributed by atoms with Crippen molar-refractivity contribution in [2.75, 3.05) is 7.05 Å². The van der Waals surface area contributed by atoms with Crippen molar-refractivity contribution in [1.29, 1.82) is 0 Å². The second-order valence-corrected chi connectivity index (χ2v) is 5.50. The van der Waals surface area contributed by atoms with Gasteiger partial charge in [-0.3, -0.25) is 9.78 Å². The molecule has 0 saturated carbocycles. The first-order valence-electron chi connectivity index (χ1n) is 7.06. The summed E-state index contributed by atoms with van der Waals surface area (Å²) >= 11 is 0. The largest absolute Gasteiger partial charge is 0.340 e. The van der Waals surface area contributed by atoms with Crippen molar-refractivity contribution < 1.29 is 4.79 Å². The van der Waals surface area contributed by atoms with Crippen LogP contribution < -0.4 is 0 Å². The molecular weight excluding hydrogens is 260 g/mol. The number of hydrogen-bond donors (Lipinski definition) is 0. The van der Waals surface area contributed by atoms with Crippen LogP contribution in [0.15, 0.2) is 42.5 Å². The smallest absolute Gasteiger partial charge is 0.219 e. The van der Waals surface area contributed by atoms with Crippen LogP contribution in [0.1, 0.15) is 18.2 Å². The molecule has 2 aromatic carbocycles. The summed E-state index contributed by atoms with van der Waals surface area (Å²) in [6, 6.07) is 14.6. The maximum Gasteiger partial charge on any atom is 0.219 e. The van der Waals surface area contributed by atoms with Crippen molar-refractivity contribution >= 4 is 27.6 Å². The van der Waals surface area contributed by atoms with E-state index in [1.807, 2.05) is 18.2 Å². The Morgan fingerprint density at radius 2 is 1.86 bits per heavy atom. The van der Waals surface area contributed by atoms with Crippen molar-refractivity contribution in [3.8, 4) is 0 Å². The molecule has 0 saturated heterocycles. The summed E-state index contributed by atoms with van der Waals surface area (Å²) in [6.07, 6.45) is 0. The highest BCUT2D eigenvalue weighted by Gasteiger charge is 2.11. The van der Waals surface area contributed by atoms with Gasteiger partial charge in [0, 0.05) is 24.7 Å². The number of pyridine rings is 1. The Kier molecular flexibility index (Phi) is 3.34. The topological polar surface area (TPSA) is 33.2 Å². The zero-order valence-corrected chi connectivity index (χ0v) is 12.6. The number of amides is 1. The lowest BCUT2D eigenvalue weighted by Gasteiger charge is -2.17. The number of fused-ring (bicyclic) bond motifs is 3. The lowest BCUT2D eigenvalue weighted by Crippen LogP contribution is -2.23. The van der Waals surface area contributed by atoms with Gasteiger partial charge in [0.05, 0.1) is 17.8 Å². The van der Waals surface area contributed by atoms with E-state index in [0.717, 1.165) is 22.0 Å². The number of para-hydroxylation sites is 1. The van der Waals surface area contributed by atoms with E-state index in [9.17, 15) is 4.79 Å². The van der Waals surface area contributed by atoms with Gasteiger partial charge in [-0.05, 0) is 24.4 Å². The van der Waals surface area contributed by atoms with Crippen molar-refractivity contribution in [3.63, 3.8) is 0 Å². The highest BCUT2D eigenvalue weighted by molar-refractivity contribution is 6.06. The molecular formula is C18H18N2O. The van der Waals surface area contributed by atoms with E-state index < -0.39 is 0 Å². The molecule has 0 unspecified atom stereocenters. The lowest BCUT2D eigenvalue weighted by molar-refractivity contribution is -0.128. The third-order valence-corrected chi connectivity index (χ3v) is 3.86. The van der Waals surface area contributed by atoms with Gasteiger partial charge in [0.1, 0.15) is 0 Å². The van der Waals surface area contributed by atoms with Crippen LogP contribution in [0.2, 0.25) is 0 Å². The molecule has 0 aliphatic carbocycles. The molecule has 3 heteroatoms. The molecule has 1 heterocycles. The van der Waals surface area contributed by atoms with E-state index >= 15 is 0 Å². The molecule has 3 aromatic rings. The third kappa shape index (κ3) is 2.47. The molecule has 21 heavy (non-hydrogen) atoms. The Morgan fingerprint density at radius 1 is 1.10 bits per heavy atom. The number of carbonyl (C=O) groups excluding carboxylic acids is 1. The summed E-state index contributed by atoms with van der Waals surface area (Å²) in [5, 5.41) is 3.47. The first-order chi connectivity index (χ1) is 10.1. The highest BCUT2D eigenvalue weighted by Crippen LogP contribution is 2.27. The predicted octanol–water partition coefficient (Wildman–Crippen LogP) is 3.67. The van der Waals surface area contributed by atoms with Crippen molar-refractivity contribution in [1.82, 2.24) is 9.88 Å². The standard InChI is InChI=1S/C18H18N2O/c1-12-8-9-14-15-6-4-5-7-17(15)19-18(16(14)10-12)11-20(3)13(2)21/h4-10H,11H2,1-3H3. The molecule has 0 aliphatic heterocycles. The summed E-state index contributed by atoms with van der Waals surface area (Å²) < 4.78 is 0. The van der Waals surface area contributed by atoms with E-state index in [1.165, 1.54) is 10.9 Å². The molecule has 0 N–H and O–H groups in total. The number of nitrogens with zero attached hydrogens (tertiary/aromatic N) is 2. The van der Waals surface area contributed by atoms with Gasteiger partial charge in [-0.25, -0.2) is 0 Å². The van der Waals surface area contributed by atoms with Gasteiger partial charge >= 0.3 is 0 Å². The lowest BCUT2D eigenvalue weighted by atomic mass is 10.0. The van der Waals surface area contributed by atoms with Gasteiger partial charge < -0.3 is 4.90 Å². The Balaban J connectivity index is 2.29. The van der Waals surface area contributed by atoms with Gasteiger partial charge in [0.2, 0.25) is 5.91 Å². The predicted molar refractivity (Wildman–Crippen MR) is 86.1 cm³/mol. The molecule has 0 aliphatic rings. The average Bonchev–Trinajstić information content (AvgIpc) is 2.47. The maximum atomic E-state index is 11.5. The minimum atomic E-state index is 0.0470. The number of rotatable bonds is 2. The Labute approximate surface area is 124 Å². The molecule has 3 nitrogen and oxygen atoms in total. The normalized spacial score (nSPS) is 11.0. The number of aryl methyl sites for hydroxylation is 1. The summed E-state index contributed by atoms with van der Waals surface area (Å²) in [7, 11) is 1.81. The quantitative estimate of drug-likeness (QED) is 0.670. The van der Waals surface area contributed by atoms with Crippen LogP contribution in [0.3, 0.4) is 0 Å². The fourth-order valence-electron chi connectivity index (χ4n) is 2.59. The van der Waals surface area contributed by atoms with E-state index in [1.54, 1.807) is 18.9 Å². The van der Waals surface area contributed by atoms with Crippen LogP contribution >= 0.6 is 0 Å². The van der Waals surface area contributed by atoms with Crippen LogP contribution in [0, 0.1) is 6.92 Å². The van der Waals surface area contributed by atoms with Gasteiger partial charge in [-0.2, -0.15) is 0 Å². The van der Waals surface area contributed by atoms with Gasteiger partial charge in [0.15, 0.2) is 0 Å². The summed E-state index contributed by atoms with van der Waals surface area (Å²) in [5.41, 5.74) is 3.12. The first kappa shape index (κ1) is 13.6. The Bertz CT molecular complexity index is 839. The van der Waals surface area contributed by atoms with E-state index in [4.69, 9.17) is 4.98 Å². The number of carbonyl (C=O) groups is 1.